The molecule has 1 saturated heterocycles. The highest BCUT2D eigenvalue weighted by Gasteiger charge is 2.31. The Morgan fingerprint density at radius 2 is 2.38 bits per heavy atom. The van der Waals surface area contributed by atoms with Gasteiger partial charge in [-0.2, -0.15) is 0 Å². The highest BCUT2D eigenvalue weighted by Crippen LogP contribution is 2.20. The van der Waals surface area contributed by atoms with Gasteiger partial charge in [0.05, 0.1) is 0 Å². The van der Waals surface area contributed by atoms with Crippen molar-refractivity contribution in [3.05, 3.63) is 23.9 Å². The van der Waals surface area contributed by atoms with Crippen molar-refractivity contribution >= 4 is 5.91 Å². The molecule has 0 radical (unpaired) electrons. The van der Waals surface area contributed by atoms with E-state index in [2.05, 4.69) is 5.32 Å². The van der Waals surface area contributed by atoms with Gasteiger partial charge in [-0.3, -0.25) is 15.0 Å². The molecule has 13 heavy (non-hydrogen) atoms. The zero-order valence-corrected chi connectivity index (χ0v) is 7.95. The van der Waals surface area contributed by atoms with Gasteiger partial charge >= 0.3 is 0 Å². The van der Waals surface area contributed by atoms with Crippen LogP contribution in [-0.2, 0) is 4.79 Å². The molecule has 0 aliphatic carbocycles. The summed E-state index contributed by atoms with van der Waals surface area (Å²) in [4.78, 5) is 13.5. The fraction of sp³-hybridized carbons (Fsp3) is 0.500. The topological polar surface area (TPSA) is 32.3 Å². The van der Waals surface area contributed by atoms with Gasteiger partial charge in [-0.15, -0.1) is 0 Å². The Balaban J connectivity index is 2.26. The smallest absolute Gasteiger partial charge is 0.229 e. The summed E-state index contributed by atoms with van der Waals surface area (Å²) in [7, 11) is 0. The summed E-state index contributed by atoms with van der Waals surface area (Å²) in [6, 6.07) is 0.282. The third kappa shape index (κ3) is 1.40. The molecule has 0 aromatic heterocycles. The number of hydrogen-bond acceptors (Lipinski definition) is 2. The third-order valence-electron chi connectivity index (χ3n) is 2.49. The third-order valence-corrected chi connectivity index (χ3v) is 2.49. The number of carbonyl (C=O) groups is 1. The summed E-state index contributed by atoms with van der Waals surface area (Å²) in [6.07, 6.45) is 6.64. The lowest BCUT2D eigenvalue weighted by Gasteiger charge is -2.39. The van der Waals surface area contributed by atoms with Crippen LogP contribution < -0.4 is 5.32 Å². The molecule has 2 unspecified atom stereocenters. The van der Waals surface area contributed by atoms with Crippen molar-refractivity contribution in [3.63, 3.8) is 0 Å². The van der Waals surface area contributed by atoms with Gasteiger partial charge in [-0.1, -0.05) is 6.08 Å². The van der Waals surface area contributed by atoms with E-state index in [9.17, 15) is 4.79 Å². The van der Waals surface area contributed by atoms with Crippen molar-refractivity contribution in [2.45, 2.75) is 32.5 Å². The van der Waals surface area contributed by atoms with Gasteiger partial charge in [0.2, 0.25) is 5.91 Å². The van der Waals surface area contributed by atoms with Gasteiger partial charge < -0.3 is 0 Å². The molecule has 2 atom stereocenters. The van der Waals surface area contributed by atoms with Crippen LogP contribution in [0.4, 0.5) is 0 Å². The molecule has 2 rings (SSSR count). The van der Waals surface area contributed by atoms with Gasteiger partial charge in [0.15, 0.2) is 0 Å². The van der Waals surface area contributed by atoms with Gasteiger partial charge in [0, 0.05) is 18.2 Å². The van der Waals surface area contributed by atoms with E-state index in [-0.39, 0.29) is 18.1 Å². The number of allylic oxidation sites excluding steroid dienone is 3. The number of nitrogens with one attached hydrogen (secondary N) is 1. The molecule has 2 aliphatic rings. The van der Waals surface area contributed by atoms with Crippen LogP contribution in [0.2, 0.25) is 0 Å². The number of fused-ring (bicyclic) bond motifs is 1. The van der Waals surface area contributed by atoms with E-state index in [4.69, 9.17) is 0 Å². The lowest BCUT2D eigenvalue weighted by atomic mass is 10.1. The number of rotatable bonds is 0. The highest BCUT2D eigenvalue weighted by atomic mass is 16.2. The largest absolute Gasteiger partial charge is 0.297 e. The second kappa shape index (κ2) is 3.00. The lowest BCUT2D eigenvalue weighted by Crippen LogP contribution is -2.56. The summed E-state index contributed by atoms with van der Waals surface area (Å²) < 4.78 is 0. The maximum absolute atomic E-state index is 11.7. The number of nitrogens with zero attached hydrogens (tertiary/aromatic N) is 1. The maximum Gasteiger partial charge on any atom is 0.229 e. The van der Waals surface area contributed by atoms with Gasteiger partial charge in [0.25, 0.3) is 0 Å². The lowest BCUT2D eigenvalue weighted by molar-refractivity contribution is -0.134. The van der Waals surface area contributed by atoms with Crippen LogP contribution in [0.1, 0.15) is 20.3 Å². The molecule has 1 fully saturated rings. The molecule has 0 saturated carbocycles. The van der Waals surface area contributed by atoms with Gasteiger partial charge in [-0.25, -0.2) is 0 Å². The molecule has 1 N–H and O–H groups in total. The first-order valence-corrected chi connectivity index (χ1v) is 4.61. The molecular formula is C10H14N2O. The van der Waals surface area contributed by atoms with E-state index >= 15 is 0 Å². The van der Waals surface area contributed by atoms with E-state index in [1.54, 1.807) is 0 Å². The Bertz CT molecular complexity index is 293. The first-order valence-electron chi connectivity index (χ1n) is 4.61. The minimum absolute atomic E-state index is 0.0706. The second-order valence-corrected chi connectivity index (χ2v) is 3.67. The van der Waals surface area contributed by atoms with Crippen molar-refractivity contribution in [2.24, 2.45) is 0 Å². The van der Waals surface area contributed by atoms with E-state index in [0.29, 0.717) is 6.42 Å². The van der Waals surface area contributed by atoms with Crippen molar-refractivity contribution in [2.75, 3.05) is 0 Å². The van der Waals surface area contributed by atoms with Crippen LogP contribution in [0.5, 0.6) is 0 Å². The van der Waals surface area contributed by atoms with E-state index in [1.807, 2.05) is 37.0 Å². The van der Waals surface area contributed by atoms with E-state index in [1.165, 1.54) is 0 Å². The van der Waals surface area contributed by atoms with Crippen molar-refractivity contribution < 1.29 is 4.79 Å². The quantitative estimate of drug-likeness (QED) is 0.600. The Morgan fingerprint density at radius 1 is 1.62 bits per heavy atom. The monoisotopic (exact) mass is 178 g/mol. The minimum atomic E-state index is 0.0706. The zero-order valence-electron chi connectivity index (χ0n) is 7.95. The molecule has 2 aliphatic heterocycles. The SMILES string of the molecule is CC1=CC=CC2NC(C)CC(=O)N12. The molecule has 0 bridgehead atoms. The Morgan fingerprint density at radius 3 is 3.15 bits per heavy atom. The average Bonchev–Trinajstić information content (AvgIpc) is 2.02. The van der Waals surface area contributed by atoms with Crippen LogP contribution in [0.25, 0.3) is 0 Å². The van der Waals surface area contributed by atoms with Gasteiger partial charge in [0.1, 0.15) is 6.17 Å². The Labute approximate surface area is 78.1 Å². The average molecular weight is 178 g/mol. The normalized spacial score (nSPS) is 32.9. The molecule has 0 spiro atoms. The standard InChI is InChI=1S/C10H14N2O/c1-7-6-10(13)12-8(2)4-3-5-9(12)11-7/h3-5,7,9,11H,6H2,1-2H3. The molecule has 2 heterocycles. The Kier molecular flexibility index (Phi) is 1.96. The maximum atomic E-state index is 11.7. The van der Waals surface area contributed by atoms with Gasteiger partial charge in [-0.05, 0) is 26.0 Å². The zero-order chi connectivity index (χ0) is 9.42. The fourth-order valence-corrected chi connectivity index (χ4v) is 1.88. The fourth-order valence-electron chi connectivity index (χ4n) is 1.88. The predicted octanol–water partition coefficient (Wildman–Crippen LogP) is 0.997. The summed E-state index contributed by atoms with van der Waals surface area (Å²) in [5.74, 6) is 0.217. The number of amides is 1. The molecule has 3 heteroatoms. The van der Waals surface area contributed by atoms with E-state index < -0.39 is 0 Å². The minimum Gasteiger partial charge on any atom is -0.297 e. The first-order chi connectivity index (χ1) is 6.18. The first kappa shape index (κ1) is 8.51. The van der Waals surface area contributed by atoms with Crippen LogP contribution in [0.15, 0.2) is 23.9 Å². The summed E-state index contributed by atoms with van der Waals surface area (Å²) >= 11 is 0. The second-order valence-electron chi connectivity index (χ2n) is 3.67. The van der Waals surface area contributed by atoms with Crippen molar-refractivity contribution in [3.8, 4) is 0 Å². The van der Waals surface area contributed by atoms with Crippen LogP contribution in [0.3, 0.4) is 0 Å². The molecular weight excluding hydrogens is 164 g/mol. The Hall–Kier alpha value is -1.09. The van der Waals surface area contributed by atoms with Crippen molar-refractivity contribution in [1.29, 1.82) is 0 Å². The predicted molar refractivity (Wildman–Crippen MR) is 50.7 cm³/mol. The molecule has 1 amide bonds. The van der Waals surface area contributed by atoms with Crippen LogP contribution >= 0.6 is 0 Å². The molecule has 0 aromatic rings. The molecule has 70 valence electrons. The van der Waals surface area contributed by atoms with Crippen LogP contribution in [-0.4, -0.2) is 23.0 Å². The number of carbonyl (C=O) groups excluding carboxylic acids is 1. The van der Waals surface area contributed by atoms with Crippen LogP contribution in [0, 0.1) is 0 Å². The van der Waals surface area contributed by atoms with E-state index in [0.717, 1.165) is 5.70 Å². The molecule has 0 aromatic carbocycles. The van der Waals surface area contributed by atoms with Crippen molar-refractivity contribution in [1.82, 2.24) is 10.2 Å². The molecule has 3 nitrogen and oxygen atoms in total. The highest BCUT2D eigenvalue weighted by molar-refractivity contribution is 5.80. The number of hydrogen-bond donors (Lipinski definition) is 1. The summed E-state index contributed by atoms with van der Waals surface area (Å²) in [5.41, 5.74) is 1.02. The summed E-state index contributed by atoms with van der Waals surface area (Å²) in [6.45, 7) is 4.00. The summed E-state index contributed by atoms with van der Waals surface area (Å²) in [5, 5.41) is 3.36.